The summed E-state index contributed by atoms with van der Waals surface area (Å²) in [5.41, 5.74) is 3.98. The normalized spacial score (nSPS) is 11.8. The molecule has 2 N–H and O–H groups in total. The van der Waals surface area contributed by atoms with Gasteiger partial charge in [-0.2, -0.15) is 13.2 Å². The summed E-state index contributed by atoms with van der Waals surface area (Å²) in [6, 6.07) is 14.6. The van der Waals surface area contributed by atoms with Crippen LogP contribution in [-0.2, 0) is 6.18 Å². The molecule has 0 saturated carbocycles. The number of carbonyl (C=O) groups excluding carboxylic acids is 1. The minimum Gasteiger partial charge on any atom is -0.339 e. The fourth-order valence-electron chi connectivity index (χ4n) is 4.48. The maximum absolute atomic E-state index is 13.6. The Hall–Kier alpha value is -4.99. The van der Waals surface area contributed by atoms with Crippen LogP contribution in [0, 0.1) is 6.92 Å². The Morgan fingerprint density at radius 2 is 1.87 bits per heavy atom. The number of hydrogen-bond acceptors (Lipinski definition) is 4. The van der Waals surface area contributed by atoms with Gasteiger partial charge in [0, 0.05) is 51.8 Å². The van der Waals surface area contributed by atoms with Crippen molar-refractivity contribution >= 4 is 33.5 Å². The number of hydrogen-bond donors (Lipinski definition) is 2. The number of carbonyl (C=O) groups is 1. The van der Waals surface area contributed by atoms with Crippen LogP contribution in [0.3, 0.4) is 0 Å². The highest BCUT2D eigenvalue weighted by atomic mass is 19.4. The van der Waals surface area contributed by atoms with E-state index in [1.165, 1.54) is 35.7 Å². The smallest absolute Gasteiger partial charge is 0.339 e. The SMILES string of the molecule is Cc1ccc(NC(=O)c2cc(-n3ccnc3)cc(C(F)(F)F)c2)cc1-c1ccc2c(c1)[nH]c1ncncc12. The lowest BCUT2D eigenvalue weighted by atomic mass is 9.98. The number of nitrogens with zero attached hydrogens (tertiary/aromatic N) is 4. The van der Waals surface area contributed by atoms with Gasteiger partial charge in [0.1, 0.15) is 12.0 Å². The molecule has 3 aromatic carbocycles. The third-order valence-electron chi connectivity index (χ3n) is 6.39. The fourth-order valence-corrected chi connectivity index (χ4v) is 4.48. The number of imidazole rings is 1. The molecule has 3 aromatic heterocycles. The number of aromatic amines is 1. The molecular formula is C28H19F3N6O. The van der Waals surface area contributed by atoms with Crippen molar-refractivity contribution in [2.45, 2.75) is 13.1 Å². The van der Waals surface area contributed by atoms with Crippen molar-refractivity contribution in [2.75, 3.05) is 5.32 Å². The molecule has 7 nitrogen and oxygen atoms in total. The lowest BCUT2D eigenvalue weighted by molar-refractivity contribution is -0.137. The van der Waals surface area contributed by atoms with Gasteiger partial charge in [0.2, 0.25) is 0 Å². The Bertz CT molecular complexity index is 1820. The first-order chi connectivity index (χ1) is 18.3. The molecule has 3 heterocycles. The van der Waals surface area contributed by atoms with Crippen LogP contribution in [0.25, 0.3) is 38.8 Å². The third kappa shape index (κ3) is 4.26. The second kappa shape index (κ2) is 8.84. The maximum atomic E-state index is 13.6. The fraction of sp³-hybridized carbons (Fsp3) is 0.0714. The highest BCUT2D eigenvalue weighted by Crippen LogP contribution is 2.33. The Kier molecular flexibility index (Phi) is 5.45. The average molecular weight is 512 g/mol. The highest BCUT2D eigenvalue weighted by molar-refractivity contribution is 6.07. The first-order valence-corrected chi connectivity index (χ1v) is 11.6. The van der Waals surface area contributed by atoms with Crippen molar-refractivity contribution in [3.63, 3.8) is 0 Å². The number of aryl methyl sites for hydroxylation is 1. The summed E-state index contributed by atoms with van der Waals surface area (Å²) >= 11 is 0. The number of rotatable bonds is 4. The molecule has 0 spiro atoms. The van der Waals surface area contributed by atoms with E-state index in [1.54, 1.807) is 18.3 Å². The largest absolute Gasteiger partial charge is 0.416 e. The zero-order valence-corrected chi connectivity index (χ0v) is 19.9. The van der Waals surface area contributed by atoms with Crippen LogP contribution in [-0.4, -0.2) is 30.4 Å². The van der Waals surface area contributed by atoms with Gasteiger partial charge in [0.05, 0.1) is 11.9 Å². The van der Waals surface area contributed by atoms with E-state index in [1.807, 2.05) is 31.2 Å². The van der Waals surface area contributed by atoms with E-state index in [2.05, 4.69) is 25.3 Å². The number of aromatic nitrogens is 5. The van der Waals surface area contributed by atoms with Crippen molar-refractivity contribution in [2.24, 2.45) is 0 Å². The molecule has 0 unspecified atom stereocenters. The van der Waals surface area contributed by atoms with Gasteiger partial charge in [-0.1, -0.05) is 18.2 Å². The number of fused-ring (bicyclic) bond motifs is 3. The van der Waals surface area contributed by atoms with Crippen molar-refractivity contribution < 1.29 is 18.0 Å². The molecule has 6 rings (SSSR count). The summed E-state index contributed by atoms with van der Waals surface area (Å²) < 4.78 is 42.2. The Labute approximate surface area is 214 Å². The second-order valence-corrected chi connectivity index (χ2v) is 8.89. The minimum atomic E-state index is -4.62. The van der Waals surface area contributed by atoms with Gasteiger partial charge in [0.25, 0.3) is 5.91 Å². The van der Waals surface area contributed by atoms with Gasteiger partial charge in [-0.15, -0.1) is 0 Å². The molecule has 0 radical (unpaired) electrons. The van der Waals surface area contributed by atoms with Crippen LogP contribution in [0.5, 0.6) is 0 Å². The van der Waals surface area contributed by atoms with Crippen molar-refractivity contribution in [3.8, 4) is 16.8 Å². The summed E-state index contributed by atoms with van der Waals surface area (Å²) in [6.45, 7) is 1.95. The van der Waals surface area contributed by atoms with E-state index in [0.717, 1.165) is 50.8 Å². The summed E-state index contributed by atoms with van der Waals surface area (Å²) in [5, 5.41) is 4.66. The molecule has 38 heavy (non-hydrogen) atoms. The number of halogens is 3. The van der Waals surface area contributed by atoms with Gasteiger partial charge in [0.15, 0.2) is 0 Å². The van der Waals surface area contributed by atoms with E-state index in [0.29, 0.717) is 5.69 Å². The second-order valence-electron chi connectivity index (χ2n) is 8.89. The molecule has 188 valence electrons. The molecule has 6 aromatic rings. The maximum Gasteiger partial charge on any atom is 0.416 e. The van der Waals surface area contributed by atoms with Crippen LogP contribution in [0.4, 0.5) is 18.9 Å². The molecule has 0 aliphatic rings. The molecule has 0 atom stereocenters. The standard InChI is InChI=1S/C28H19F3N6O/c1-16-2-4-20(12-23(16)17-3-5-22-24-13-33-14-34-26(24)36-25(22)10-17)35-27(38)18-8-19(28(29,30)31)11-21(9-18)37-7-6-32-15-37/h2-15H,1H3,(H,35,38)(H,33,34,36). The summed E-state index contributed by atoms with van der Waals surface area (Å²) in [7, 11) is 0. The predicted molar refractivity (Wildman–Crippen MR) is 138 cm³/mol. The van der Waals surface area contributed by atoms with Crippen LogP contribution < -0.4 is 5.32 Å². The quantitative estimate of drug-likeness (QED) is 0.281. The van der Waals surface area contributed by atoms with E-state index in [-0.39, 0.29) is 11.3 Å². The summed E-state index contributed by atoms with van der Waals surface area (Å²) in [6.07, 6.45) is 2.97. The third-order valence-corrected chi connectivity index (χ3v) is 6.39. The number of nitrogens with one attached hydrogen (secondary N) is 2. The molecule has 0 fully saturated rings. The summed E-state index contributed by atoms with van der Waals surface area (Å²) in [5.74, 6) is -0.656. The van der Waals surface area contributed by atoms with Crippen molar-refractivity contribution in [3.05, 3.63) is 103 Å². The predicted octanol–water partition coefficient (Wildman–Crippen LogP) is 6.54. The highest BCUT2D eigenvalue weighted by Gasteiger charge is 2.32. The molecule has 0 aliphatic heterocycles. The van der Waals surface area contributed by atoms with Gasteiger partial charge < -0.3 is 14.9 Å². The topological polar surface area (TPSA) is 88.5 Å². The van der Waals surface area contributed by atoms with Crippen molar-refractivity contribution in [1.29, 1.82) is 0 Å². The molecule has 0 saturated heterocycles. The Morgan fingerprint density at radius 3 is 2.66 bits per heavy atom. The average Bonchev–Trinajstić information content (AvgIpc) is 3.57. The molecule has 0 bridgehead atoms. The number of benzene rings is 3. The first kappa shape index (κ1) is 23.4. The number of alkyl halides is 3. The van der Waals surface area contributed by atoms with Crippen LogP contribution in [0.2, 0.25) is 0 Å². The number of anilines is 1. The number of H-pyrrole nitrogens is 1. The number of amides is 1. The zero-order valence-electron chi connectivity index (χ0n) is 19.9. The van der Waals surface area contributed by atoms with E-state index < -0.39 is 17.6 Å². The summed E-state index contributed by atoms with van der Waals surface area (Å²) in [4.78, 5) is 28.6. The van der Waals surface area contributed by atoms with Crippen LogP contribution in [0.15, 0.2) is 85.8 Å². The monoisotopic (exact) mass is 512 g/mol. The van der Waals surface area contributed by atoms with Gasteiger partial charge >= 0.3 is 6.18 Å². The Morgan fingerprint density at radius 1 is 1.00 bits per heavy atom. The van der Waals surface area contributed by atoms with Gasteiger partial charge in [-0.05, 0) is 60.0 Å². The van der Waals surface area contributed by atoms with Crippen LogP contribution in [0.1, 0.15) is 21.5 Å². The van der Waals surface area contributed by atoms with Gasteiger partial charge in [-0.25, -0.2) is 15.0 Å². The lowest BCUT2D eigenvalue weighted by Crippen LogP contribution is -2.15. The molecular weight excluding hydrogens is 493 g/mol. The van der Waals surface area contributed by atoms with E-state index in [9.17, 15) is 18.0 Å². The first-order valence-electron chi connectivity index (χ1n) is 11.6. The zero-order chi connectivity index (χ0) is 26.4. The van der Waals surface area contributed by atoms with E-state index >= 15 is 0 Å². The van der Waals surface area contributed by atoms with Crippen LogP contribution >= 0.6 is 0 Å². The molecule has 10 heteroatoms. The lowest BCUT2D eigenvalue weighted by Gasteiger charge is -2.14. The Balaban J connectivity index is 1.34. The molecule has 1 amide bonds. The molecule has 0 aliphatic carbocycles. The van der Waals surface area contributed by atoms with E-state index in [4.69, 9.17) is 0 Å². The van der Waals surface area contributed by atoms with Crippen molar-refractivity contribution in [1.82, 2.24) is 24.5 Å². The minimum absolute atomic E-state index is 0.119. The van der Waals surface area contributed by atoms with Gasteiger partial charge in [-0.3, -0.25) is 4.79 Å².